The van der Waals surface area contributed by atoms with E-state index in [1.54, 1.807) is 0 Å². The fourth-order valence-corrected chi connectivity index (χ4v) is 3.21. The number of hydrogen-bond donors (Lipinski definition) is 1. The minimum Gasteiger partial charge on any atom is -0.287 e. The molecule has 0 N–H and O–H groups in total. The Bertz CT molecular complexity index is 658. The lowest BCUT2D eigenvalue weighted by Gasteiger charge is -2.09. The Hall–Kier alpha value is -1.54. The van der Waals surface area contributed by atoms with E-state index in [9.17, 15) is 4.79 Å². The van der Waals surface area contributed by atoms with Crippen molar-refractivity contribution in [2.75, 3.05) is 0 Å². The number of carbonyl (C=O) groups is 1. The topological polar surface area (TPSA) is 17.1 Å². The van der Waals surface area contributed by atoms with Gasteiger partial charge in [0.15, 0.2) is 5.12 Å². The van der Waals surface area contributed by atoms with Crippen molar-refractivity contribution in [2.45, 2.75) is 26.2 Å². The summed E-state index contributed by atoms with van der Waals surface area (Å²) < 4.78 is 0. The third kappa shape index (κ3) is 2.10. The van der Waals surface area contributed by atoms with E-state index in [4.69, 9.17) is 0 Å². The summed E-state index contributed by atoms with van der Waals surface area (Å²) in [5.41, 5.74) is 7.89. The normalized spacial score (nSPS) is 12.1. The summed E-state index contributed by atoms with van der Waals surface area (Å²) in [4.78, 5) is 11.3. The molecule has 0 bridgehead atoms. The molecule has 0 aromatic heterocycles. The maximum atomic E-state index is 11.3. The largest absolute Gasteiger partial charge is 0.287 e. The number of benzene rings is 2. The first-order valence-electron chi connectivity index (χ1n) is 6.64. The molecular formula is C17H16OS. The Balaban J connectivity index is 2.17. The maximum absolute atomic E-state index is 11.3. The number of hydrogen-bond acceptors (Lipinski definition) is 1. The molecule has 1 nitrogen and oxygen atoms in total. The Morgan fingerprint density at radius 1 is 1.16 bits per heavy atom. The van der Waals surface area contributed by atoms with Crippen LogP contribution >= 0.6 is 12.6 Å². The molecule has 2 aromatic rings. The third-order valence-electron chi connectivity index (χ3n) is 3.87. The molecule has 0 heterocycles. The van der Waals surface area contributed by atoms with Crippen LogP contribution in [-0.4, -0.2) is 5.12 Å². The van der Waals surface area contributed by atoms with E-state index < -0.39 is 0 Å². The van der Waals surface area contributed by atoms with Crippen LogP contribution in [0.3, 0.4) is 0 Å². The highest BCUT2D eigenvalue weighted by molar-refractivity contribution is 7.96. The molecule has 2 heteroatoms. The van der Waals surface area contributed by atoms with Gasteiger partial charge in [-0.25, -0.2) is 0 Å². The average Bonchev–Trinajstić information content (AvgIpc) is 2.78. The minimum absolute atomic E-state index is 0.0694. The van der Waals surface area contributed by atoms with Gasteiger partial charge in [-0.3, -0.25) is 4.79 Å². The molecule has 0 aliphatic heterocycles. The van der Waals surface area contributed by atoms with E-state index in [1.807, 2.05) is 12.1 Å². The second-order valence-electron chi connectivity index (χ2n) is 5.00. The summed E-state index contributed by atoms with van der Waals surface area (Å²) in [6.07, 6.45) is 2.40. The van der Waals surface area contributed by atoms with Gasteiger partial charge in [0.25, 0.3) is 0 Å². The quantitative estimate of drug-likeness (QED) is 0.715. The third-order valence-corrected chi connectivity index (χ3v) is 4.03. The lowest BCUT2D eigenvalue weighted by molar-refractivity contribution is -0.110. The molecule has 1 aliphatic rings. The lowest BCUT2D eigenvalue weighted by atomic mass is 9.96. The number of carbonyl (C=O) groups excluding carboxylic acids is 1. The smallest absolute Gasteiger partial charge is 0.190 e. The Morgan fingerprint density at radius 3 is 2.63 bits per heavy atom. The lowest BCUT2D eigenvalue weighted by Crippen LogP contribution is -1.98. The van der Waals surface area contributed by atoms with Gasteiger partial charge in [0, 0.05) is 6.42 Å². The van der Waals surface area contributed by atoms with Crippen LogP contribution in [0.15, 0.2) is 36.4 Å². The SMILES string of the molecule is CCc1cccc2c1-c1cccc(CC(=O)S)c1C2. The minimum atomic E-state index is -0.0694. The highest BCUT2D eigenvalue weighted by Crippen LogP contribution is 2.40. The summed E-state index contributed by atoms with van der Waals surface area (Å²) in [5, 5.41) is -0.0694. The summed E-state index contributed by atoms with van der Waals surface area (Å²) in [6.45, 7) is 2.19. The standard InChI is InChI=1S/C17H16OS/c1-2-11-5-3-7-13-9-15-12(10-16(18)19)6-4-8-14(15)17(11)13/h3-8H,2,9-10H2,1H3,(H,18,19). The predicted molar refractivity (Wildman–Crippen MR) is 81.8 cm³/mol. The van der Waals surface area contributed by atoms with E-state index in [1.165, 1.54) is 27.8 Å². The molecule has 0 radical (unpaired) electrons. The predicted octanol–water partition coefficient (Wildman–Crippen LogP) is 3.82. The van der Waals surface area contributed by atoms with Gasteiger partial charge in [0.05, 0.1) is 0 Å². The molecule has 1 aliphatic carbocycles. The van der Waals surface area contributed by atoms with Gasteiger partial charge in [0.2, 0.25) is 0 Å². The van der Waals surface area contributed by atoms with Crippen LogP contribution in [0.2, 0.25) is 0 Å². The molecule has 0 atom stereocenters. The summed E-state index contributed by atoms with van der Waals surface area (Å²) >= 11 is 3.91. The van der Waals surface area contributed by atoms with Crippen LogP contribution in [0.4, 0.5) is 0 Å². The van der Waals surface area contributed by atoms with Crippen LogP contribution in [0.5, 0.6) is 0 Å². The summed E-state index contributed by atoms with van der Waals surface area (Å²) in [5.74, 6) is 0. The van der Waals surface area contributed by atoms with Gasteiger partial charge in [-0.15, -0.1) is 12.6 Å². The van der Waals surface area contributed by atoms with Gasteiger partial charge in [-0.1, -0.05) is 43.3 Å². The van der Waals surface area contributed by atoms with Crippen LogP contribution in [0, 0.1) is 0 Å². The zero-order chi connectivity index (χ0) is 13.4. The molecular weight excluding hydrogens is 252 g/mol. The Kier molecular flexibility index (Phi) is 3.19. The van der Waals surface area contributed by atoms with Gasteiger partial charge in [-0.05, 0) is 46.2 Å². The van der Waals surface area contributed by atoms with Crippen molar-refractivity contribution in [1.29, 1.82) is 0 Å². The number of thiol groups is 1. The fraction of sp³-hybridized carbons (Fsp3) is 0.235. The molecule has 0 saturated carbocycles. The number of rotatable bonds is 3. The first kappa shape index (κ1) is 12.5. The molecule has 2 aromatic carbocycles. The molecule has 19 heavy (non-hydrogen) atoms. The Morgan fingerprint density at radius 2 is 1.89 bits per heavy atom. The zero-order valence-corrected chi connectivity index (χ0v) is 11.8. The second-order valence-corrected chi connectivity index (χ2v) is 5.49. The van der Waals surface area contributed by atoms with Crippen molar-refractivity contribution < 1.29 is 4.79 Å². The van der Waals surface area contributed by atoms with Crippen molar-refractivity contribution in [3.05, 3.63) is 58.7 Å². The van der Waals surface area contributed by atoms with Crippen molar-refractivity contribution in [3.8, 4) is 11.1 Å². The van der Waals surface area contributed by atoms with E-state index in [0.29, 0.717) is 6.42 Å². The molecule has 0 spiro atoms. The van der Waals surface area contributed by atoms with Crippen LogP contribution in [-0.2, 0) is 24.1 Å². The van der Waals surface area contributed by atoms with Crippen LogP contribution in [0.1, 0.15) is 29.2 Å². The molecule has 3 rings (SSSR count). The average molecular weight is 268 g/mol. The fourth-order valence-electron chi connectivity index (χ4n) is 3.04. The number of fused-ring (bicyclic) bond motifs is 3. The highest BCUT2D eigenvalue weighted by atomic mass is 32.1. The summed E-state index contributed by atoms with van der Waals surface area (Å²) in [7, 11) is 0. The van der Waals surface area contributed by atoms with Crippen LogP contribution in [0.25, 0.3) is 11.1 Å². The van der Waals surface area contributed by atoms with Crippen LogP contribution < -0.4 is 0 Å². The van der Waals surface area contributed by atoms with E-state index >= 15 is 0 Å². The highest BCUT2D eigenvalue weighted by Gasteiger charge is 2.23. The maximum Gasteiger partial charge on any atom is 0.190 e. The summed E-state index contributed by atoms with van der Waals surface area (Å²) in [6, 6.07) is 12.8. The van der Waals surface area contributed by atoms with E-state index in [0.717, 1.165) is 18.4 Å². The zero-order valence-electron chi connectivity index (χ0n) is 10.9. The number of aryl methyl sites for hydroxylation is 1. The van der Waals surface area contributed by atoms with E-state index in [-0.39, 0.29) is 5.12 Å². The van der Waals surface area contributed by atoms with Gasteiger partial charge >= 0.3 is 0 Å². The van der Waals surface area contributed by atoms with Crippen molar-refractivity contribution in [3.63, 3.8) is 0 Å². The Labute approximate surface area is 119 Å². The van der Waals surface area contributed by atoms with Gasteiger partial charge in [-0.2, -0.15) is 0 Å². The molecule has 96 valence electrons. The second kappa shape index (κ2) is 4.86. The molecule has 0 unspecified atom stereocenters. The molecule has 0 fully saturated rings. The van der Waals surface area contributed by atoms with E-state index in [2.05, 4.69) is 43.8 Å². The molecule has 0 saturated heterocycles. The van der Waals surface area contributed by atoms with Crippen molar-refractivity contribution >= 4 is 17.7 Å². The first-order valence-corrected chi connectivity index (χ1v) is 7.09. The monoisotopic (exact) mass is 268 g/mol. The first-order chi connectivity index (χ1) is 9.20. The van der Waals surface area contributed by atoms with Crippen molar-refractivity contribution in [1.82, 2.24) is 0 Å². The van der Waals surface area contributed by atoms with Gasteiger partial charge in [0.1, 0.15) is 0 Å². The molecule has 0 amide bonds. The van der Waals surface area contributed by atoms with Gasteiger partial charge < -0.3 is 0 Å². The van der Waals surface area contributed by atoms with Crippen molar-refractivity contribution in [2.24, 2.45) is 0 Å².